The smallest absolute Gasteiger partial charge is 0.343 e. The van der Waals surface area contributed by atoms with E-state index in [1.807, 2.05) is 0 Å². The van der Waals surface area contributed by atoms with Gasteiger partial charge in [0.2, 0.25) is 0 Å². The fourth-order valence-corrected chi connectivity index (χ4v) is 4.45. The zero-order valence-corrected chi connectivity index (χ0v) is 18.1. The number of carbonyl (C=O) groups is 3. The van der Waals surface area contributed by atoms with Gasteiger partial charge in [0.25, 0.3) is 5.56 Å². The summed E-state index contributed by atoms with van der Waals surface area (Å²) in [5.74, 6) is -2.38. The van der Waals surface area contributed by atoms with Gasteiger partial charge in [0, 0.05) is 16.5 Å². The molecule has 0 radical (unpaired) electrons. The fourth-order valence-electron chi connectivity index (χ4n) is 4.45. The SMILES string of the molecule is O=C(Oc1cccc2cc3c(cc12)C(=O)C(c1nc2ccccc2c(=O)[nH]1)C3=O)c1ccccc1. The number of nitrogens with zero attached hydrogens (tertiary/aromatic N) is 1. The maximum Gasteiger partial charge on any atom is 0.343 e. The predicted molar refractivity (Wildman–Crippen MR) is 129 cm³/mol. The molecule has 0 aliphatic heterocycles. The number of H-pyrrole nitrogens is 1. The third-order valence-electron chi connectivity index (χ3n) is 6.15. The largest absolute Gasteiger partial charge is 0.422 e. The summed E-state index contributed by atoms with van der Waals surface area (Å²) in [6.07, 6.45) is 0. The Labute approximate surface area is 198 Å². The molecule has 1 unspecified atom stereocenters. The number of carbonyl (C=O) groups excluding carboxylic acids is 3. The van der Waals surface area contributed by atoms with Crippen LogP contribution in [0.5, 0.6) is 5.75 Å². The number of Topliss-reactive ketones (excluding diaryl/α,β-unsaturated/α-hetero) is 2. The second kappa shape index (κ2) is 7.85. The summed E-state index contributed by atoms with van der Waals surface area (Å²) in [5.41, 5.74) is 0.829. The summed E-state index contributed by atoms with van der Waals surface area (Å²) < 4.78 is 5.62. The van der Waals surface area contributed by atoms with Gasteiger partial charge in [-0.3, -0.25) is 14.4 Å². The van der Waals surface area contributed by atoms with Crippen LogP contribution in [0.3, 0.4) is 0 Å². The summed E-state index contributed by atoms with van der Waals surface area (Å²) in [7, 11) is 0. The number of para-hydroxylation sites is 1. The lowest BCUT2D eigenvalue weighted by molar-refractivity contribution is 0.0736. The van der Waals surface area contributed by atoms with Crippen molar-refractivity contribution < 1.29 is 19.1 Å². The molecule has 0 fully saturated rings. The molecular formula is C28H16N2O5. The van der Waals surface area contributed by atoms with Gasteiger partial charge >= 0.3 is 5.97 Å². The van der Waals surface area contributed by atoms with E-state index >= 15 is 0 Å². The van der Waals surface area contributed by atoms with Gasteiger partial charge in [-0.25, -0.2) is 9.78 Å². The Morgan fingerprint density at radius 1 is 0.771 bits per heavy atom. The van der Waals surface area contributed by atoms with Gasteiger partial charge in [0.1, 0.15) is 17.5 Å². The predicted octanol–water partition coefficient (Wildman–Crippen LogP) is 4.46. The highest BCUT2D eigenvalue weighted by Crippen LogP contribution is 2.37. The lowest BCUT2D eigenvalue weighted by atomic mass is 10.0. The van der Waals surface area contributed by atoms with Crippen molar-refractivity contribution in [1.29, 1.82) is 0 Å². The van der Waals surface area contributed by atoms with Crippen LogP contribution < -0.4 is 10.3 Å². The van der Waals surface area contributed by atoms with Crippen LogP contribution in [0.15, 0.2) is 89.7 Å². The van der Waals surface area contributed by atoms with Gasteiger partial charge in [0.15, 0.2) is 11.6 Å². The van der Waals surface area contributed by atoms with Crippen LogP contribution in [0.4, 0.5) is 0 Å². The second-order valence-corrected chi connectivity index (χ2v) is 8.26. The van der Waals surface area contributed by atoms with E-state index in [9.17, 15) is 19.2 Å². The first-order valence-electron chi connectivity index (χ1n) is 10.9. The molecular weight excluding hydrogens is 444 g/mol. The van der Waals surface area contributed by atoms with Crippen molar-refractivity contribution in [2.45, 2.75) is 5.92 Å². The molecule has 4 aromatic carbocycles. The number of aromatic amines is 1. The highest BCUT2D eigenvalue weighted by atomic mass is 16.5. The number of nitrogens with one attached hydrogen (secondary N) is 1. The molecule has 0 amide bonds. The van der Waals surface area contributed by atoms with Crippen molar-refractivity contribution in [2.24, 2.45) is 0 Å². The Morgan fingerprint density at radius 2 is 1.49 bits per heavy atom. The van der Waals surface area contributed by atoms with E-state index < -0.39 is 29.0 Å². The number of ketones is 2. The van der Waals surface area contributed by atoms with Gasteiger partial charge in [0.05, 0.1) is 16.5 Å². The van der Waals surface area contributed by atoms with E-state index in [-0.39, 0.29) is 22.7 Å². The number of aromatic nitrogens is 2. The number of ether oxygens (including phenoxy) is 1. The van der Waals surface area contributed by atoms with Crippen LogP contribution in [0, 0.1) is 0 Å². The molecule has 1 aliphatic carbocycles. The van der Waals surface area contributed by atoms with E-state index in [1.54, 1.807) is 84.9 Å². The average molecular weight is 460 g/mol. The Bertz CT molecular complexity index is 1750. The molecule has 0 bridgehead atoms. The van der Waals surface area contributed by atoms with Gasteiger partial charge in [-0.2, -0.15) is 0 Å². The van der Waals surface area contributed by atoms with E-state index in [2.05, 4.69) is 9.97 Å². The molecule has 1 heterocycles. The fraction of sp³-hybridized carbons (Fsp3) is 0.0357. The molecule has 168 valence electrons. The molecule has 35 heavy (non-hydrogen) atoms. The minimum atomic E-state index is -1.24. The molecule has 0 spiro atoms. The Morgan fingerprint density at radius 3 is 2.29 bits per heavy atom. The molecule has 6 rings (SSSR count). The lowest BCUT2D eigenvalue weighted by Crippen LogP contribution is -2.21. The maximum absolute atomic E-state index is 13.4. The van der Waals surface area contributed by atoms with Gasteiger partial charge in [-0.05, 0) is 47.9 Å². The van der Waals surface area contributed by atoms with Crippen molar-refractivity contribution in [3.8, 4) is 5.75 Å². The highest BCUT2D eigenvalue weighted by Gasteiger charge is 2.42. The Balaban J connectivity index is 1.43. The zero-order valence-electron chi connectivity index (χ0n) is 18.1. The van der Waals surface area contributed by atoms with E-state index in [1.165, 1.54) is 0 Å². The third kappa shape index (κ3) is 3.33. The van der Waals surface area contributed by atoms with Crippen molar-refractivity contribution in [1.82, 2.24) is 9.97 Å². The lowest BCUT2D eigenvalue weighted by Gasteiger charge is -2.09. The van der Waals surface area contributed by atoms with Crippen molar-refractivity contribution >= 4 is 39.2 Å². The molecule has 1 atom stereocenters. The second-order valence-electron chi connectivity index (χ2n) is 8.26. The maximum atomic E-state index is 13.4. The zero-order chi connectivity index (χ0) is 24.1. The Kier molecular flexibility index (Phi) is 4.64. The molecule has 1 aliphatic rings. The monoisotopic (exact) mass is 460 g/mol. The standard InChI is InChI=1S/C28H16N2O5/c31-24-19-13-16-9-6-12-22(35-28(34)15-7-2-1-3-8-15)18(16)14-20(19)25(32)23(24)26-29-21-11-5-4-10-17(21)27(33)30-26/h1-14,23H,(H,29,30,33). The average Bonchev–Trinajstić information content (AvgIpc) is 3.12. The van der Waals surface area contributed by atoms with Gasteiger partial charge in [-0.15, -0.1) is 0 Å². The normalized spacial score (nSPS) is 14.9. The minimum Gasteiger partial charge on any atom is -0.422 e. The number of rotatable bonds is 3. The van der Waals surface area contributed by atoms with Gasteiger partial charge < -0.3 is 9.72 Å². The van der Waals surface area contributed by atoms with Crippen LogP contribution in [0.1, 0.15) is 42.8 Å². The molecule has 0 saturated carbocycles. The van der Waals surface area contributed by atoms with E-state index in [0.717, 1.165) is 0 Å². The van der Waals surface area contributed by atoms with Crippen molar-refractivity contribution in [2.75, 3.05) is 0 Å². The number of hydrogen-bond acceptors (Lipinski definition) is 6. The van der Waals surface area contributed by atoms with Crippen LogP contribution in [0.25, 0.3) is 21.7 Å². The summed E-state index contributed by atoms with van der Waals surface area (Å²) in [6.45, 7) is 0. The Hall–Kier alpha value is -4.91. The molecule has 0 saturated heterocycles. The van der Waals surface area contributed by atoms with Crippen LogP contribution >= 0.6 is 0 Å². The molecule has 5 aromatic rings. The van der Waals surface area contributed by atoms with Crippen molar-refractivity contribution in [3.63, 3.8) is 0 Å². The summed E-state index contributed by atoms with van der Waals surface area (Å²) >= 11 is 0. The van der Waals surface area contributed by atoms with Crippen LogP contribution in [-0.2, 0) is 0 Å². The quantitative estimate of drug-likeness (QED) is 0.242. The third-order valence-corrected chi connectivity index (χ3v) is 6.15. The molecule has 7 heteroatoms. The topological polar surface area (TPSA) is 106 Å². The van der Waals surface area contributed by atoms with Crippen molar-refractivity contribution in [3.05, 3.63) is 118 Å². The van der Waals surface area contributed by atoms with Gasteiger partial charge in [-0.1, -0.05) is 42.5 Å². The number of esters is 1. The van der Waals surface area contributed by atoms with Crippen LogP contribution in [-0.4, -0.2) is 27.5 Å². The first-order valence-corrected chi connectivity index (χ1v) is 10.9. The first-order chi connectivity index (χ1) is 17.0. The number of hydrogen-bond donors (Lipinski definition) is 1. The number of fused-ring (bicyclic) bond motifs is 3. The van der Waals surface area contributed by atoms with Crippen LogP contribution in [0.2, 0.25) is 0 Å². The van der Waals surface area contributed by atoms with E-state index in [0.29, 0.717) is 27.2 Å². The molecule has 7 nitrogen and oxygen atoms in total. The summed E-state index contributed by atoms with van der Waals surface area (Å²) in [6, 6.07) is 23.6. The minimum absolute atomic E-state index is 0.0136. The molecule has 1 aromatic heterocycles. The summed E-state index contributed by atoms with van der Waals surface area (Å²) in [4.78, 5) is 58.8. The molecule has 1 N–H and O–H groups in total. The first kappa shape index (κ1) is 20.7. The number of benzene rings is 4. The highest BCUT2D eigenvalue weighted by molar-refractivity contribution is 6.30. The summed E-state index contributed by atoms with van der Waals surface area (Å²) in [5, 5.41) is 1.54. The van der Waals surface area contributed by atoms with E-state index in [4.69, 9.17) is 4.74 Å².